The second kappa shape index (κ2) is 5.42. The zero-order valence-electron chi connectivity index (χ0n) is 9.47. The molecule has 0 aliphatic carbocycles. The maximum atomic E-state index is 11.7. The van der Waals surface area contributed by atoms with Gasteiger partial charge >= 0.3 is 0 Å². The van der Waals surface area contributed by atoms with Gasteiger partial charge in [-0.1, -0.05) is 6.92 Å². The van der Waals surface area contributed by atoms with Gasteiger partial charge in [0.1, 0.15) is 0 Å². The number of allylic oxidation sites excluding steroid dienone is 1. The molecule has 0 atom stereocenters. The highest BCUT2D eigenvalue weighted by molar-refractivity contribution is 6.03. The third-order valence-corrected chi connectivity index (χ3v) is 2.21. The molecule has 0 aromatic heterocycles. The van der Waals surface area contributed by atoms with Gasteiger partial charge in [0.05, 0.1) is 0 Å². The molecule has 0 unspecified atom stereocenters. The number of carbonyl (C=O) groups is 2. The van der Waals surface area contributed by atoms with Crippen molar-refractivity contribution in [3.8, 4) is 0 Å². The van der Waals surface area contributed by atoms with E-state index in [1.165, 1.54) is 14.0 Å². The highest BCUT2D eigenvalue weighted by Gasteiger charge is 2.16. The summed E-state index contributed by atoms with van der Waals surface area (Å²) in [5, 5.41) is 2.95. The van der Waals surface area contributed by atoms with E-state index in [1.807, 2.05) is 6.92 Å². The third-order valence-electron chi connectivity index (χ3n) is 2.21. The van der Waals surface area contributed by atoms with Crippen LogP contribution in [-0.2, 0) is 9.59 Å². The lowest BCUT2D eigenvalue weighted by Gasteiger charge is -2.15. The monoisotopic (exact) mass is 198 g/mol. The Hall–Kier alpha value is -1.32. The number of carbonyl (C=O) groups excluding carboxylic acids is 2. The third kappa shape index (κ3) is 2.87. The maximum absolute atomic E-state index is 11.7. The smallest absolute Gasteiger partial charge is 0.257 e. The van der Waals surface area contributed by atoms with Crippen molar-refractivity contribution in [3.63, 3.8) is 0 Å². The summed E-state index contributed by atoms with van der Waals surface area (Å²) in [7, 11) is 3.25. The van der Waals surface area contributed by atoms with E-state index in [2.05, 4.69) is 5.32 Å². The molecule has 0 aromatic rings. The van der Waals surface area contributed by atoms with Gasteiger partial charge in [-0.25, -0.2) is 0 Å². The van der Waals surface area contributed by atoms with Gasteiger partial charge in [0.15, 0.2) is 0 Å². The van der Waals surface area contributed by atoms with E-state index in [4.69, 9.17) is 0 Å². The molecule has 0 saturated heterocycles. The average Bonchev–Trinajstić information content (AvgIpc) is 2.17. The lowest BCUT2D eigenvalue weighted by molar-refractivity contribution is -0.139. The standard InChI is InChI=1S/C10H18N2O2/c1-6-9(11-4)7(2)10(14)12(5)8(3)13/h11H,6H2,1-5H3/b9-7+. The van der Waals surface area contributed by atoms with Gasteiger partial charge in [0.25, 0.3) is 5.91 Å². The zero-order chi connectivity index (χ0) is 11.3. The molecule has 0 radical (unpaired) electrons. The molecule has 4 nitrogen and oxygen atoms in total. The lowest BCUT2D eigenvalue weighted by Crippen LogP contribution is -2.33. The van der Waals surface area contributed by atoms with E-state index in [0.29, 0.717) is 5.57 Å². The Balaban J connectivity index is 4.85. The Kier molecular flexibility index (Phi) is 4.91. The summed E-state index contributed by atoms with van der Waals surface area (Å²) in [4.78, 5) is 23.7. The van der Waals surface area contributed by atoms with Gasteiger partial charge in [0, 0.05) is 32.3 Å². The fourth-order valence-corrected chi connectivity index (χ4v) is 1.15. The van der Waals surface area contributed by atoms with Crippen LogP contribution in [0.15, 0.2) is 11.3 Å². The second-order valence-corrected chi connectivity index (χ2v) is 3.09. The predicted octanol–water partition coefficient (Wildman–Crippen LogP) is 0.895. The van der Waals surface area contributed by atoms with Crippen LogP contribution >= 0.6 is 0 Å². The van der Waals surface area contributed by atoms with Crippen molar-refractivity contribution in [2.75, 3.05) is 14.1 Å². The summed E-state index contributed by atoms with van der Waals surface area (Å²) in [6, 6.07) is 0. The van der Waals surface area contributed by atoms with Crippen LogP contribution in [0.3, 0.4) is 0 Å². The maximum Gasteiger partial charge on any atom is 0.257 e. The van der Waals surface area contributed by atoms with E-state index >= 15 is 0 Å². The summed E-state index contributed by atoms with van der Waals surface area (Å²) in [6.07, 6.45) is 0.750. The molecule has 80 valence electrons. The van der Waals surface area contributed by atoms with Crippen molar-refractivity contribution >= 4 is 11.8 Å². The number of imide groups is 1. The fourth-order valence-electron chi connectivity index (χ4n) is 1.15. The minimum atomic E-state index is -0.249. The molecular weight excluding hydrogens is 180 g/mol. The number of nitrogens with zero attached hydrogens (tertiary/aromatic N) is 1. The molecular formula is C10H18N2O2. The van der Waals surface area contributed by atoms with Gasteiger partial charge in [0.2, 0.25) is 5.91 Å². The SMILES string of the molecule is CC/C(NC)=C(/C)C(=O)N(C)C(C)=O. The fraction of sp³-hybridized carbons (Fsp3) is 0.600. The zero-order valence-corrected chi connectivity index (χ0v) is 9.47. The molecule has 0 saturated carbocycles. The first-order chi connectivity index (χ1) is 6.45. The number of rotatable bonds is 3. The van der Waals surface area contributed by atoms with E-state index in [0.717, 1.165) is 17.0 Å². The Labute approximate surface area is 85.0 Å². The van der Waals surface area contributed by atoms with E-state index in [-0.39, 0.29) is 11.8 Å². The highest BCUT2D eigenvalue weighted by Crippen LogP contribution is 2.07. The Morgan fingerprint density at radius 2 is 1.79 bits per heavy atom. The summed E-state index contributed by atoms with van der Waals surface area (Å²) in [6.45, 7) is 5.05. The van der Waals surface area contributed by atoms with Crippen LogP contribution in [-0.4, -0.2) is 30.8 Å². The van der Waals surface area contributed by atoms with Crippen LogP contribution < -0.4 is 5.32 Å². The molecule has 0 fully saturated rings. The molecule has 14 heavy (non-hydrogen) atoms. The van der Waals surface area contributed by atoms with Crippen molar-refractivity contribution in [1.82, 2.24) is 10.2 Å². The summed E-state index contributed by atoms with van der Waals surface area (Å²) in [5.74, 6) is -0.496. The molecule has 0 heterocycles. The van der Waals surface area contributed by atoms with Crippen LogP contribution in [0.5, 0.6) is 0 Å². The number of hydrogen-bond acceptors (Lipinski definition) is 3. The Morgan fingerprint density at radius 3 is 2.07 bits per heavy atom. The average molecular weight is 198 g/mol. The topological polar surface area (TPSA) is 49.4 Å². The second-order valence-electron chi connectivity index (χ2n) is 3.09. The van der Waals surface area contributed by atoms with Gasteiger partial charge in [-0.05, 0) is 13.3 Å². The van der Waals surface area contributed by atoms with Gasteiger partial charge in [-0.2, -0.15) is 0 Å². The first-order valence-electron chi connectivity index (χ1n) is 4.61. The first kappa shape index (κ1) is 12.7. The minimum Gasteiger partial charge on any atom is -0.391 e. The van der Waals surface area contributed by atoms with Crippen LogP contribution in [0.4, 0.5) is 0 Å². The molecule has 4 heteroatoms. The van der Waals surface area contributed by atoms with Gasteiger partial charge in [-0.3, -0.25) is 14.5 Å². The van der Waals surface area contributed by atoms with Crippen LogP contribution in [0.25, 0.3) is 0 Å². The molecule has 0 aliphatic heterocycles. The van der Waals surface area contributed by atoms with E-state index in [9.17, 15) is 9.59 Å². The molecule has 0 aromatic carbocycles. The normalized spacial score (nSPS) is 11.8. The Bertz CT molecular complexity index is 263. The van der Waals surface area contributed by atoms with E-state index in [1.54, 1.807) is 14.0 Å². The predicted molar refractivity (Wildman–Crippen MR) is 55.5 cm³/mol. The van der Waals surface area contributed by atoms with Crippen LogP contribution in [0.1, 0.15) is 27.2 Å². The van der Waals surface area contributed by atoms with E-state index < -0.39 is 0 Å². The van der Waals surface area contributed by atoms with Crippen LogP contribution in [0.2, 0.25) is 0 Å². The van der Waals surface area contributed by atoms with Crippen molar-refractivity contribution in [2.45, 2.75) is 27.2 Å². The van der Waals surface area contributed by atoms with Crippen molar-refractivity contribution in [2.24, 2.45) is 0 Å². The van der Waals surface area contributed by atoms with Crippen molar-refractivity contribution < 1.29 is 9.59 Å². The number of likely N-dealkylation sites (N-methyl/N-ethyl adjacent to an activating group) is 1. The highest BCUT2D eigenvalue weighted by atomic mass is 16.2. The number of hydrogen-bond donors (Lipinski definition) is 1. The molecule has 0 rings (SSSR count). The largest absolute Gasteiger partial charge is 0.391 e. The molecule has 1 N–H and O–H groups in total. The summed E-state index contributed by atoms with van der Waals surface area (Å²) >= 11 is 0. The molecule has 0 aliphatic rings. The summed E-state index contributed by atoms with van der Waals surface area (Å²) < 4.78 is 0. The molecule has 0 bridgehead atoms. The Morgan fingerprint density at radius 1 is 1.29 bits per heavy atom. The van der Waals surface area contributed by atoms with Crippen molar-refractivity contribution in [1.29, 1.82) is 0 Å². The first-order valence-corrected chi connectivity index (χ1v) is 4.61. The molecule has 2 amide bonds. The minimum absolute atomic E-state index is 0.247. The number of amides is 2. The lowest BCUT2D eigenvalue weighted by atomic mass is 10.1. The summed E-state index contributed by atoms with van der Waals surface area (Å²) in [5.41, 5.74) is 1.45. The number of nitrogens with one attached hydrogen (secondary N) is 1. The quantitative estimate of drug-likeness (QED) is 0.685. The van der Waals surface area contributed by atoms with Gasteiger partial charge < -0.3 is 5.32 Å². The molecule has 0 spiro atoms. The van der Waals surface area contributed by atoms with Crippen molar-refractivity contribution in [3.05, 3.63) is 11.3 Å². The van der Waals surface area contributed by atoms with Gasteiger partial charge in [-0.15, -0.1) is 0 Å². The van der Waals surface area contributed by atoms with Crippen LogP contribution in [0, 0.1) is 0 Å².